The maximum absolute atomic E-state index is 11.5. The lowest BCUT2D eigenvalue weighted by Crippen LogP contribution is -2.53. The lowest BCUT2D eigenvalue weighted by molar-refractivity contribution is 0.0600. The van der Waals surface area contributed by atoms with E-state index in [-0.39, 0.29) is 12.0 Å². The lowest BCUT2D eigenvalue weighted by atomic mass is 10.1. The number of hydrogen-bond donors (Lipinski definition) is 1. The van der Waals surface area contributed by atoms with E-state index in [0.717, 1.165) is 9.26 Å². The maximum atomic E-state index is 11.5. The van der Waals surface area contributed by atoms with E-state index >= 15 is 0 Å². The molecular weight excluding hydrogens is 387 g/mol. The number of carboxylic acid groups (broad SMARTS) is 1. The van der Waals surface area contributed by atoms with Crippen molar-refractivity contribution in [3.05, 3.63) is 27.3 Å². The van der Waals surface area contributed by atoms with Crippen molar-refractivity contribution >= 4 is 40.3 Å². The molecule has 0 saturated carbocycles. The Morgan fingerprint density at radius 2 is 2.10 bits per heavy atom. The zero-order valence-corrected chi connectivity index (χ0v) is 14.0. The molecule has 0 radical (unpaired) electrons. The minimum atomic E-state index is -0.878. The molecule has 0 spiro atoms. The standard InChI is InChI=1S/C14H17IN2O4/c1-9-8-16(14(19)20)5-6-17(9)12-4-3-10(7-11(12)15)13(18)21-2/h3-4,7,9H,5-6,8H2,1-2H3,(H,19,20). The summed E-state index contributed by atoms with van der Waals surface area (Å²) in [5.74, 6) is -0.358. The first kappa shape index (κ1) is 15.9. The second-order valence-electron chi connectivity index (χ2n) is 4.93. The van der Waals surface area contributed by atoms with E-state index in [1.165, 1.54) is 12.0 Å². The van der Waals surface area contributed by atoms with E-state index in [9.17, 15) is 9.59 Å². The van der Waals surface area contributed by atoms with Gasteiger partial charge in [-0.3, -0.25) is 0 Å². The van der Waals surface area contributed by atoms with Crippen LogP contribution >= 0.6 is 22.6 Å². The van der Waals surface area contributed by atoms with Crippen LogP contribution in [0.1, 0.15) is 17.3 Å². The van der Waals surface area contributed by atoms with Gasteiger partial charge < -0.3 is 19.6 Å². The summed E-state index contributed by atoms with van der Waals surface area (Å²) in [5.41, 5.74) is 1.53. The Kier molecular flexibility index (Phi) is 4.92. The Bertz CT molecular complexity index is 564. The van der Waals surface area contributed by atoms with Crippen molar-refractivity contribution in [1.82, 2.24) is 4.90 Å². The minimum Gasteiger partial charge on any atom is -0.465 e. The van der Waals surface area contributed by atoms with Gasteiger partial charge in [-0.25, -0.2) is 9.59 Å². The Labute approximate surface area is 136 Å². The SMILES string of the molecule is COC(=O)c1ccc(N2CCN(C(=O)O)CC2C)c(I)c1. The topological polar surface area (TPSA) is 70.1 Å². The first-order valence-electron chi connectivity index (χ1n) is 6.56. The molecule has 1 fully saturated rings. The van der Waals surface area contributed by atoms with E-state index in [2.05, 4.69) is 27.5 Å². The summed E-state index contributed by atoms with van der Waals surface area (Å²) in [6, 6.07) is 5.51. The van der Waals surface area contributed by atoms with Crippen LogP contribution in [0.15, 0.2) is 18.2 Å². The molecule has 1 aliphatic heterocycles. The van der Waals surface area contributed by atoms with Gasteiger partial charge in [0, 0.05) is 29.2 Å². The first-order valence-corrected chi connectivity index (χ1v) is 7.64. The molecule has 21 heavy (non-hydrogen) atoms. The van der Waals surface area contributed by atoms with Crippen LogP contribution in [0.2, 0.25) is 0 Å². The number of esters is 1. The molecule has 1 saturated heterocycles. The van der Waals surface area contributed by atoms with Gasteiger partial charge in [-0.05, 0) is 47.7 Å². The van der Waals surface area contributed by atoms with Crippen LogP contribution in [0, 0.1) is 3.57 Å². The van der Waals surface area contributed by atoms with Crippen LogP contribution in [0.5, 0.6) is 0 Å². The maximum Gasteiger partial charge on any atom is 0.407 e. The molecule has 1 atom stereocenters. The predicted molar refractivity (Wildman–Crippen MR) is 86.9 cm³/mol. The van der Waals surface area contributed by atoms with Crippen LogP contribution in [0.25, 0.3) is 0 Å². The van der Waals surface area contributed by atoms with Gasteiger partial charge in [0.05, 0.1) is 18.4 Å². The number of benzene rings is 1. The molecule has 0 aliphatic carbocycles. The average Bonchev–Trinajstić information content (AvgIpc) is 2.46. The van der Waals surface area contributed by atoms with Crippen LogP contribution in [-0.2, 0) is 4.74 Å². The van der Waals surface area contributed by atoms with Gasteiger partial charge >= 0.3 is 12.1 Å². The Morgan fingerprint density at radius 1 is 1.38 bits per heavy atom. The van der Waals surface area contributed by atoms with Gasteiger partial charge in [-0.1, -0.05) is 0 Å². The molecule has 0 aromatic heterocycles. The summed E-state index contributed by atoms with van der Waals surface area (Å²) < 4.78 is 5.66. The predicted octanol–water partition coefficient (Wildman–Crippen LogP) is 2.27. The highest BCUT2D eigenvalue weighted by Crippen LogP contribution is 2.27. The third kappa shape index (κ3) is 3.39. The molecule has 1 amide bonds. The number of amides is 1. The summed E-state index contributed by atoms with van der Waals surface area (Å²) in [6.07, 6.45) is -0.878. The Hall–Kier alpha value is -1.51. The van der Waals surface area contributed by atoms with Crippen molar-refractivity contribution in [2.75, 3.05) is 31.6 Å². The smallest absolute Gasteiger partial charge is 0.407 e. The molecule has 114 valence electrons. The highest BCUT2D eigenvalue weighted by atomic mass is 127. The van der Waals surface area contributed by atoms with Gasteiger partial charge in [0.1, 0.15) is 0 Å². The van der Waals surface area contributed by atoms with E-state index < -0.39 is 6.09 Å². The number of carbonyl (C=O) groups is 2. The fraction of sp³-hybridized carbons (Fsp3) is 0.429. The summed E-state index contributed by atoms with van der Waals surface area (Å²) in [4.78, 5) is 26.1. The molecule has 1 unspecified atom stereocenters. The highest BCUT2D eigenvalue weighted by molar-refractivity contribution is 14.1. The zero-order valence-electron chi connectivity index (χ0n) is 11.9. The molecule has 6 nitrogen and oxygen atoms in total. The zero-order chi connectivity index (χ0) is 15.6. The molecule has 1 aromatic rings. The second-order valence-corrected chi connectivity index (χ2v) is 6.09. The highest BCUT2D eigenvalue weighted by Gasteiger charge is 2.27. The summed E-state index contributed by atoms with van der Waals surface area (Å²) in [5, 5.41) is 9.05. The van der Waals surface area contributed by atoms with Crippen molar-refractivity contribution in [3.63, 3.8) is 0 Å². The molecule has 2 rings (SSSR count). The first-order chi connectivity index (χ1) is 9.93. The quantitative estimate of drug-likeness (QED) is 0.605. The number of carbonyl (C=O) groups excluding carboxylic acids is 1. The number of rotatable bonds is 2. The number of piperazine rings is 1. The van der Waals surface area contributed by atoms with Crippen molar-refractivity contribution in [1.29, 1.82) is 0 Å². The summed E-state index contributed by atoms with van der Waals surface area (Å²) >= 11 is 2.19. The van der Waals surface area contributed by atoms with Gasteiger partial charge in [0.15, 0.2) is 0 Å². The third-order valence-electron chi connectivity index (χ3n) is 3.58. The third-order valence-corrected chi connectivity index (χ3v) is 4.44. The van der Waals surface area contributed by atoms with Crippen LogP contribution in [-0.4, -0.2) is 54.9 Å². The Morgan fingerprint density at radius 3 is 2.62 bits per heavy atom. The molecule has 1 N–H and O–H groups in total. The van der Waals surface area contributed by atoms with Crippen molar-refractivity contribution < 1.29 is 19.4 Å². The van der Waals surface area contributed by atoms with E-state index in [0.29, 0.717) is 25.2 Å². The molecule has 1 aromatic carbocycles. The molecule has 7 heteroatoms. The van der Waals surface area contributed by atoms with Crippen molar-refractivity contribution in [3.8, 4) is 0 Å². The molecule has 1 aliphatic rings. The Balaban J connectivity index is 2.19. The molecule has 0 bridgehead atoms. The van der Waals surface area contributed by atoms with Gasteiger partial charge in [-0.2, -0.15) is 0 Å². The van der Waals surface area contributed by atoms with Crippen LogP contribution < -0.4 is 4.90 Å². The number of halogens is 1. The van der Waals surface area contributed by atoms with E-state index in [4.69, 9.17) is 9.84 Å². The second kappa shape index (κ2) is 6.50. The van der Waals surface area contributed by atoms with Crippen molar-refractivity contribution in [2.24, 2.45) is 0 Å². The van der Waals surface area contributed by atoms with Crippen LogP contribution in [0.4, 0.5) is 10.5 Å². The largest absolute Gasteiger partial charge is 0.465 e. The van der Waals surface area contributed by atoms with Crippen molar-refractivity contribution in [2.45, 2.75) is 13.0 Å². The fourth-order valence-electron chi connectivity index (χ4n) is 2.47. The average molecular weight is 404 g/mol. The molecular formula is C14H17IN2O4. The summed E-state index contributed by atoms with van der Waals surface area (Å²) in [6.45, 7) is 3.60. The normalized spacial score (nSPS) is 18.5. The number of nitrogens with zero attached hydrogens (tertiary/aromatic N) is 2. The summed E-state index contributed by atoms with van der Waals surface area (Å²) in [7, 11) is 1.36. The number of hydrogen-bond acceptors (Lipinski definition) is 4. The molecule has 1 heterocycles. The van der Waals surface area contributed by atoms with Gasteiger partial charge in [-0.15, -0.1) is 0 Å². The minimum absolute atomic E-state index is 0.0901. The van der Waals surface area contributed by atoms with Gasteiger partial charge in [0.25, 0.3) is 0 Å². The number of methoxy groups -OCH3 is 1. The number of anilines is 1. The van der Waals surface area contributed by atoms with Gasteiger partial charge in [0.2, 0.25) is 0 Å². The van der Waals surface area contributed by atoms with Crippen LogP contribution in [0.3, 0.4) is 0 Å². The van der Waals surface area contributed by atoms with E-state index in [1.54, 1.807) is 12.1 Å². The van der Waals surface area contributed by atoms with E-state index in [1.807, 2.05) is 13.0 Å². The fourth-order valence-corrected chi connectivity index (χ4v) is 3.30. The lowest BCUT2D eigenvalue weighted by Gasteiger charge is -2.40. The monoisotopic (exact) mass is 404 g/mol. The number of ether oxygens (including phenoxy) is 1.